The maximum atomic E-state index is 12.9. The quantitative estimate of drug-likeness (QED) is 0.931. The van der Waals surface area contributed by atoms with E-state index in [0.29, 0.717) is 5.92 Å². The standard InChI is InChI=1S/C18H26N2O2/c1-14-4-6-16(7-5-14)20-10-2-3-17(18(20)22)19-11-8-15(13-21)9-12-19/h4-7,15,17,21H,2-3,8-13H2,1H3. The number of piperidine rings is 2. The highest BCUT2D eigenvalue weighted by molar-refractivity contribution is 5.97. The molecule has 2 aliphatic rings. The summed E-state index contributed by atoms with van der Waals surface area (Å²) in [6, 6.07) is 8.26. The number of nitrogens with zero attached hydrogens (tertiary/aromatic N) is 2. The minimum atomic E-state index is 0.0229. The fourth-order valence-electron chi connectivity index (χ4n) is 3.62. The molecule has 2 fully saturated rings. The number of aryl methyl sites for hydroxylation is 1. The highest BCUT2D eigenvalue weighted by Gasteiger charge is 2.35. The molecule has 4 nitrogen and oxygen atoms in total. The first kappa shape index (κ1) is 15.5. The smallest absolute Gasteiger partial charge is 0.244 e. The predicted molar refractivity (Wildman–Crippen MR) is 87.9 cm³/mol. The van der Waals surface area contributed by atoms with E-state index >= 15 is 0 Å². The van der Waals surface area contributed by atoms with Gasteiger partial charge in [-0.25, -0.2) is 0 Å². The maximum Gasteiger partial charge on any atom is 0.244 e. The Labute approximate surface area is 132 Å². The first-order valence-corrected chi connectivity index (χ1v) is 8.42. The molecule has 120 valence electrons. The number of benzene rings is 1. The molecule has 1 atom stereocenters. The fraction of sp³-hybridized carbons (Fsp3) is 0.611. The average molecular weight is 302 g/mol. The molecule has 0 saturated carbocycles. The topological polar surface area (TPSA) is 43.8 Å². The van der Waals surface area contributed by atoms with Crippen LogP contribution in [0.1, 0.15) is 31.2 Å². The molecule has 0 bridgehead atoms. The summed E-state index contributed by atoms with van der Waals surface area (Å²) in [7, 11) is 0. The van der Waals surface area contributed by atoms with Crippen molar-refractivity contribution in [2.45, 2.75) is 38.6 Å². The molecule has 1 aromatic carbocycles. The monoisotopic (exact) mass is 302 g/mol. The molecule has 2 aliphatic heterocycles. The van der Waals surface area contributed by atoms with Gasteiger partial charge in [-0.3, -0.25) is 9.69 Å². The lowest BCUT2D eigenvalue weighted by molar-refractivity contribution is -0.126. The minimum Gasteiger partial charge on any atom is -0.396 e. The Morgan fingerprint density at radius 1 is 1.09 bits per heavy atom. The highest BCUT2D eigenvalue weighted by atomic mass is 16.3. The van der Waals surface area contributed by atoms with Crippen molar-refractivity contribution in [2.24, 2.45) is 5.92 Å². The van der Waals surface area contributed by atoms with Crippen LogP contribution >= 0.6 is 0 Å². The lowest BCUT2D eigenvalue weighted by atomic mass is 9.94. The van der Waals surface area contributed by atoms with Gasteiger partial charge in [0.25, 0.3) is 0 Å². The van der Waals surface area contributed by atoms with Crippen LogP contribution in [-0.2, 0) is 4.79 Å². The Hall–Kier alpha value is -1.39. The molecule has 0 radical (unpaired) electrons. The van der Waals surface area contributed by atoms with Crippen LogP contribution < -0.4 is 4.90 Å². The second kappa shape index (κ2) is 6.80. The molecule has 2 heterocycles. The zero-order valence-corrected chi connectivity index (χ0v) is 13.4. The van der Waals surface area contributed by atoms with Gasteiger partial charge in [0, 0.05) is 18.8 Å². The number of likely N-dealkylation sites (tertiary alicyclic amines) is 1. The molecule has 0 aliphatic carbocycles. The van der Waals surface area contributed by atoms with Crippen LogP contribution in [0, 0.1) is 12.8 Å². The number of anilines is 1. The molecule has 22 heavy (non-hydrogen) atoms. The fourth-order valence-corrected chi connectivity index (χ4v) is 3.62. The normalized spacial score (nSPS) is 24.7. The summed E-state index contributed by atoms with van der Waals surface area (Å²) in [5.41, 5.74) is 2.24. The molecule has 0 aromatic heterocycles. The van der Waals surface area contributed by atoms with Crippen LogP contribution in [0.5, 0.6) is 0 Å². The van der Waals surface area contributed by atoms with E-state index in [4.69, 9.17) is 0 Å². The third-order valence-corrected chi connectivity index (χ3v) is 5.10. The SMILES string of the molecule is Cc1ccc(N2CCCC(N3CCC(CO)CC3)C2=O)cc1. The minimum absolute atomic E-state index is 0.0229. The highest BCUT2D eigenvalue weighted by Crippen LogP contribution is 2.27. The summed E-state index contributed by atoms with van der Waals surface area (Å²) in [6.45, 7) is 5.04. The van der Waals surface area contributed by atoms with E-state index in [2.05, 4.69) is 24.0 Å². The van der Waals surface area contributed by atoms with Crippen LogP contribution in [0.4, 0.5) is 5.69 Å². The van der Waals surface area contributed by atoms with E-state index in [1.807, 2.05) is 17.0 Å². The van der Waals surface area contributed by atoms with Crippen molar-refractivity contribution < 1.29 is 9.90 Å². The van der Waals surface area contributed by atoms with Crippen molar-refractivity contribution in [1.29, 1.82) is 0 Å². The van der Waals surface area contributed by atoms with Gasteiger partial charge in [0.05, 0.1) is 6.04 Å². The van der Waals surface area contributed by atoms with E-state index in [9.17, 15) is 9.90 Å². The van der Waals surface area contributed by atoms with Crippen molar-refractivity contribution >= 4 is 11.6 Å². The van der Waals surface area contributed by atoms with Crippen molar-refractivity contribution in [1.82, 2.24) is 4.90 Å². The van der Waals surface area contributed by atoms with Gasteiger partial charge in [-0.05, 0) is 63.7 Å². The number of hydrogen-bond acceptors (Lipinski definition) is 3. The largest absolute Gasteiger partial charge is 0.396 e. The number of aliphatic hydroxyl groups is 1. The van der Waals surface area contributed by atoms with Gasteiger partial charge in [0.1, 0.15) is 0 Å². The van der Waals surface area contributed by atoms with Crippen LogP contribution in [0.3, 0.4) is 0 Å². The summed E-state index contributed by atoms with van der Waals surface area (Å²) in [5, 5.41) is 9.26. The van der Waals surface area contributed by atoms with Gasteiger partial charge in [-0.2, -0.15) is 0 Å². The lowest BCUT2D eigenvalue weighted by Crippen LogP contribution is -2.54. The van der Waals surface area contributed by atoms with Gasteiger partial charge in [0.2, 0.25) is 5.91 Å². The second-order valence-corrected chi connectivity index (χ2v) is 6.65. The molecule has 0 spiro atoms. The molecule has 1 N–H and O–H groups in total. The first-order valence-electron chi connectivity index (χ1n) is 8.42. The number of carbonyl (C=O) groups is 1. The average Bonchev–Trinajstić information content (AvgIpc) is 2.56. The Morgan fingerprint density at radius 3 is 2.41 bits per heavy atom. The lowest BCUT2D eigenvalue weighted by Gasteiger charge is -2.41. The zero-order valence-electron chi connectivity index (χ0n) is 13.4. The number of carbonyl (C=O) groups excluding carboxylic acids is 1. The number of aliphatic hydroxyl groups excluding tert-OH is 1. The summed E-state index contributed by atoms with van der Waals surface area (Å²) in [4.78, 5) is 17.2. The third-order valence-electron chi connectivity index (χ3n) is 5.10. The zero-order chi connectivity index (χ0) is 15.5. The van der Waals surface area contributed by atoms with Gasteiger partial charge < -0.3 is 10.0 Å². The Balaban J connectivity index is 1.69. The van der Waals surface area contributed by atoms with Gasteiger partial charge >= 0.3 is 0 Å². The van der Waals surface area contributed by atoms with E-state index in [1.54, 1.807) is 0 Å². The van der Waals surface area contributed by atoms with Crippen molar-refractivity contribution in [2.75, 3.05) is 31.1 Å². The van der Waals surface area contributed by atoms with Crippen molar-refractivity contribution in [3.63, 3.8) is 0 Å². The Morgan fingerprint density at radius 2 is 1.77 bits per heavy atom. The van der Waals surface area contributed by atoms with Crippen molar-refractivity contribution in [3.8, 4) is 0 Å². The van der Waals surface area contributed by atoms with E-state index in [0.717, 1.165) is 51.0 Å². The summed E-state index contributed by atoms with van der Waals surface area (Å²) in [5.74, 6) is 0.667. The van der Waals surface area contributed by atoms with Crippen LogP contribution in [0.15, 0.2) is 24.3 Å². The van der Waals surface area contributed by atoms with E-state index in [-0.39, 0.29) is 18.6 Å². The molecule has 3 rings (SSSR count). The predicted octanol–water partition coefficient (Wildman–Crippen LogP) is 2.19. The van der Waals surface area contributed by atoms with E-state index in [1.165, 1.54) is 5.56 Å². The second-order valence-electron chi connectivity index (χ2n) is 6.65. The summed E-state index contributed by atoms with van der Waals surface area (Å²) < 4.78 is 0. The summed E-state index contributed by atoms with van der Waals surface area (Å²) >= 11 is 0. The van der Waals surface area contributed by atoms with Gasteiger partial charge in [-0.1, -0.05) is 17.7 Å². The molecule has 1 unspecified atom stereocenters. The van der Waals surface area contributed by atoms with Crippen molar-refractivity contribution in [3.05, 3.63) is 29.8 Å². The molecular weight excluding hydrogens is 276 g/mol. The van der Waals surface area contributed by atoms with Crippen LogP contribution in [-0.4, -0.2) is 48.2 Å². The molecular formula is C18H26N2O2. The third kappa shape index (κ3) is 3.18. The van der Waals surface area contributed by atoms with Crippen LogP contribution in [0.25, 0.3) is 0 Å². The molecule has 1 amide bonds. The Kier molecular flexibility index (Phi) is 4.79. The molecule has 1 aromatic rings. The maximum absolute atomic E-state index is 12.9. The van der Waals surface area contributed by atoms with Gasteiger partial charge in [-0.15, -0.1) is 0 Å². The first-order chi connectivity index (χ1) is 10.7. The van der Waals surface area contributed by atoms with Gasteiger partial charge in [0.15, 0.2) is 0 Å². The number of rotatable bonds is 3. The van der Waals surface area contributed by atoms with Crippen LogP contribution in [0.2, 0.25) is 0 Å². The number of amides is 1. The summed E-state index contributed by atoms with van der Waals surface area (Å²) in [6.07, 6.45) is 4.03. The Bertz CT molecular complexity index is 506. The molecule has 4 heteroatoms. The van der Waals surface area contributed by atoms with E-state index < -0.39 is 0 Å². The molecule has 2 saturated heterocycles. The number of hydrogen-bond donors (Lipinski definition) is 1.